The van der Waals surface area contributed by atoms with Crippen LogP contribution in [-0.2, 0) is 19.0 Å². The summed E-state index contributed by atoms with van der Waals surface area (Å²) >= 11 is 0. The fraction of sp³-hybridized carbons (Fsp3) is 0.217. The summed E-state index contributed by atoms with van der Waals surface area (Å²) in [6.45, 7) is 3.86. The molecule has 8 heteroatoms. The van der Waals surface area contributed by atoms with Crippen molar-refractivity contribution in [3.63, 3.8) is 0 Å². The molecule has 0 spiro atoms. The second kappa shape index (κ2) is 7.94. The number of alkyl halides is 3. The maximum absolute atomic E-state index is 12.9. The highest BCUT2D eigenvalue weighted by Crippen LogP contribution is 2.30. The van der Waals surface area contributed by atoms with Gasteiger partial charge in [-0.2, -0.15) is 18.3 Å². The number of halogens is 3. The van der Waals surface area contributed by atoms with Crippen molar-refractivity contribution in [3.05, 3.63) is 76.7 Å². The molecule has 0 atom stereocenters. The number of Topliss-reactive ketones (excluding diaryl/α,β-unsaturated/α-hetero) is 1. The summed E-state index contributed by atoms with van der Waals surface area (Å²) in [7, 11) is 0. The molecule has 0 fully saturated rings. The number of benzene rings is 1. The average molecular weight is 424 g/mol. The van der Waals surface area contributed by atoms with Gasteiger partial charge in [-0.05, 0) is 49.2 Å². The quantitative estimate of drug-likeness (QED) is 0.439. The van der Waals surface area contributed by atoms with Crippen molar-refractivity contribution < 1.29 is 18.0 Å². The minimum Gasteiger partial charge on any atom is -0.294 e. The second-order valence-corrected chi connectivity index (χ2v) is 7.28. The first-order valence-corrected chi connectivity index (χ1v) is 9.76. The number of aryl methyl sites for hydroxylation is 2. The molecule has 0 radical (unpaired) electrons. The van der Waals surface area contributed by atoms with Crippen LogP contribution in [0.1, 0.15) is 39.8 Å². The molecule has 0 saturated carbocycles. The van der Waals surface area contributed by atoms with Crippen molar-refractivity contribution in [2.45, 2.75) is 32.9 Å². The van der Waals surface area contributed by atoms with Crippen molar-refractivity contribution in [1.82, 2.24) is 20.2 Å². The van der Waals surface area contributed by atoms with E-state index in [9.17, 15) is 18.0 Å². The fourth-order valence-corrected chi connectivity index (χ4v) is 3.46. The first-order valence-electron chi connectivity index (χ1n) is 9.76. The number of aromatic nitrogens is 4. The molecule has 0 unspecified atom stereocenters. The molecule has 4 rings (SSSR count). The van der Waals surface area contributed by atoms with Crippen molar-refractivity contribution in [2.24, 2.45) is 0 Å². The van der Waals surface area contributed by atoms with Gasteiger partial charge in [0, 0.05) is 40.5 Å². The Morgan fingerprint density at radius 2 is 1.94 bits per heavy atom. The minimum absolute atomic E-state index is 0.0140. The molecule has 0 aliphatic rings. The Hall–Kier alpha value is -3.55. The number of nitrogens with zero attached hydrogens (tertiary/aromatic N) is 3. The van der Waals surface area contributed by atoms with Crippen molar-refractivity contribution in [1.29, 1.82) is 0 Å². The molecule has 0 amide bonds. The molecular formula is C23H19F3N4O. The van der Waals surface area contributed by atoms with Gasteiger partial charge in [-0.3, -0.25) is 14.9 Å². The summed E-state index contributed by atoms with van der Waals surface area (Å²) in [6.07, 6.45) is -2.19. The molecule has 0 aliphatic carbocycles. The Morgan fingerprint density at radius 3 is 2.68 bits per heavy atom. The molecule has 3 aromatic heterocycles. The van der Waals surface area contributed by atoms with E-state index in [1.54, 1.807) is 12.3 Å². The molecular weight excluding hydrogens is 405 g/mol. The minimum atomic E-state index is -4.50. The van der Waals surface area contributed by atoms with E-state index < -0.39 is 17.5 Å². The molecule has 1 N–H and O–H groups in total. The largest absolute Gasteiger partial charge is 0.416 e. The van der Waals surface area contributed by atoms with E-state index in [2.05, 4.69) is 20.2 Å². The SMILES string of the molecule is CCc1[nH]nc2nc(-c3cc(CC(=O)c4cccc(C(F)(F)F)c4)cnc3C)ccc12. The van der Waals surface area contributed by atoms with Gasteiger partial charge in [0.05, 0.1) is 11.3 Å². The Morgan fingerprint density at radius 1 is 1.13 bits per heavy atom. The Bertz CT molecular complexity index is 1280. The number of hydrogen-bond donors (Lipinski definition) is 1. The third-order valence-corrected chi connectivity index (χ3v) is 5.15. The monoisotopic (exact) mass is 424 g/mol. The highest BCUT2D eigenvalue weighted by atomic mass is 19.4. The molecule has 4 aromatic rings. The van der Waals surface area contributed by atoms with Crippen LogP contribution in [-0.4, -0.2) is 25.9 Å². The van der Waals surface area contributed by atoms with E-state index in [0.29, 0.717) is 16.9 Å². The summed E-state index contributed by atoms with van der Waals surface area (Å²) in [5, 5.41) is 8.17. The lowest BCUT2D eigenvalue weighted by molar-refractivity contribution is -0.137. The van der Waals surface area contributed by atoms with Gasteiger partial charge in [0.2, 0.25) is 0 Å². The predicted octanol–water partition coefficient (Wildman–Crippen LogP) is 5.33. The zero-order chi connectivity index (χ0) is 22.2. The van der Waals surface area contributed by atoms with Crippen LogP contribution in [0.4, 0.5) is 13.2 Å². The van der Waals surface area contributed by atoms with Gasteiger partial charge >= 0.3 is 6.18 Å². The van der Waals surface area contributed by atoms with Crippen LogP contribution in [0, 0.1) is 6.92 Å². The molecule has 3 heterocycles. The zero-order valence-electron chi connectivity index (χ0n) is 16.9. The van der Waals surface area contributed by atoms with E-state index in [1.165, 1.54) is 12.1 Å². The van der Waals surface area contributed by atoms with Crippen LogP contribution in [0.15, 0.2) is 48.7 Å². The van der Waals surface area contributed by atoms with E-state index >= 15 is 0 Å². The Balaban J connectivity index is 1.63. The topological polar surface area (TPSA) is 71.5 Å². The maximum Gasteiger partial charge on any atom is 0.416 e. The summed E-state index contributed by atoms with van der Waals surface area (Å²) < 4.78 is 38.8. The Labute approximate surface area is 176 Å². The van der Waals surface area contributed by atoms with Crippen LogP contribution < -0.4 is 0 Å². The van der Waals surface area contributed by atoms with Crippen LogP contribution in [0.25, 0.3) is 22.3 Å². The second-order valence-electron chi connectivity index (χ2n) is 7.28. The number of carbonyl (C=O) groups excluding carboxylic acids is 1. The number of aromatic amines is 1. The van der Waals surface area contributed by atoms with E-state index in [0.717, 1.165) is 40.9 Å². The van der Waals surface area contributed by atoms with Crippen LogP contribution in [0.2, 0.25) is 0 Å². The highest BCUT2D eigenvalue weighted by molar-refractivity contribution is 5.97. The van der Waals surface area contributed by atoms with Crippen molar-refractivity contribution in [2.75, 3.05) is 0 Å². The number of ketones is 1. The predicted molar refractivity (Wildman–Crippen MR) is 111 cm³/mol. The third-order valence-electron chi connectivity index (χ3n) is 5.15. The summed E-state index contributed by atoms with van der Waals surface area (Å²) in [5.74, 6) is -0.411. The lowest BCUT2D eigenvalue weighted by atomic mass is 9.99. The molecule has 0 saturated heterocycles. The number of carbonyl (C=O) groups is 1. The zero-order valence-corrected chi connectivity index (χ0v) is 16.9. The summed E-state index contributed by atoms with van der Waals surface area (Å²) in [6, 6.07) is 10.1. The summed E-state index contributed by atoms with van der Waals surface area (Å²) in [4.78, 5) is 21.6. The Kier molecular flexibility index (Phi) is 5.31. The third kappa shape index (κ3) is 4.19. The molecule has 5 nitrogen and oxygen atoms in total. The van der Waals surface area contributed by atoms with Gasteiger partial charge < -0.3 is 0 Å². The van der Waals surface area contributed by atoms with Gasteiger partial charge in [0.15, 0.2) is 11.4 Å². The number of fused-ring (bicyclic) bond motifs is 1. The van der Waals surface area contributed by atoms with E-state index in [1.807, 2.05) is 26.0 Å². The van der Waals surface area contributed by atoms with Gasteiger partial charge in [0.25, 0.3) is 0 Å². The van der Waals surface area contributed by atoms with Gasteiger partial charge in [-0.1, -0.05) is 19.1 Å². The molecule has 158 valence electrons. The molecule has 0 aliphatic heterocycles. The smallest absolute Gasteiger partial charge is 0.294 e. The molecule has 0 bridgehead atoms. The maximum atomic E-state index is 12.9. The average Bonchev–Trinajstić information content (AvgIpc) is 3.17. The highest BCUT2D eigenvalue weighted by Gasteiger charge is 2.30. The number of rotatable bonds is 5. The van der Waals surface area contributed by atoms with Crippen LogP contribution in [0.5, 0.6) is 0 Å². The standard InChI is InChI=1S/C23H19F3N4O/c1-3-19-17-7-8-20(28-22(17)30-29-19)18-9-14(12-27-13(18)2)10-21(31)15-5-4-6-16(11-15)23(24,25)26/h4-9,11-12H,3,10H2,1-2H3,(H,28,29,30). The number of nitrogens with one attached hydrogen (secondary N) is 1. The first kappa shape index (κ1) is 20.7. The van der Waals surface area contributed by atoms with E-state index in [4.69, 9.17) is 0 Å². The molecule has 1 aromatic carbocycles. The lowest BCUT2D eigenvalue weighted by Gasteiger charge is -2.10. The van der Waals surface area contributed by atoms with Crippen LogP contribution in [0.3, 0.4) is 0 Å². The van der Waals surface area contributed by atoms with Crippen LogP contribution >= 0.6 is 0 Å². The van der Waals surface area contributed by atoms with Gasteiger partial charge in [0.1, 0.15) is 0 Å². The molecule has 31 heavy (non-hydrogen) atoms. The van der Waals surface area contributed by atoms with Crippen molar-refractivity contribution in [3.8, 4) is 11.3 Å². The lowest BCUT2D eigenvalue weighted by Crippen LogP contribution is -2.09. The van der Waals surface area contributed by atoms with E-state index in [-0.39, 0.29) is 12.0 Å². The van der Waals surface area contributed by atoms with Crippen molar-refractivity contribution >= 4 is 16.8 Å². The summed E-state index contributed by atoms with van der Waals surface area (Å²) in [5.41, 5.74) is 3.51. The number of pyridine rings is 2. The normalized spacial score (nSPS) is 11.8. The number of H-pyrrole nitrogens is 1. The fourth-order valence-electron chi connectivity index (χ4n) is 3.46. The first-order chi connectivity index (χ1) is 14.8. The van der Waals surface area contributed by atoms with Gasteiger partial charge in [-0.15, -0.1) is 0 Å². The number of hydrogen-bond acceptors (Lipinski definition) is 4. The van der Waals surface area contributed by atoms with Gasteiger partial charge in [-0.25, -0.2) is 4.98 Å².